The molecule has 0 saturated heterocycles. The van der Waals surface area contributed by atoms with Gasteiger partial charge in [0.2, 0.25) is 11.8 Å². The molecule has 0 N–H and O–H groups in total. The van der Waals surface area contributed by atoms with Crippen molar-refractivity contribution in [2.24, 2.45) is 5.92 Å². The Morgan fingerprint density at radius 2 is 1.68 bits per heavy atom. The molecule has 4 rings (SSSR count). The second-order valence-electron chi connectivity index (χ2n) is 8.21. The van der Waals surface area contributed by atoms with E-state index in [0.717, 1.165) is 41.0 Å². The molecular weight excluding hydrogens is 450 g/mol. The maximum Gasteiger partial charge on any atom is 0.247 e. The van der Waals surface area contributed by atoms with Crippen LogP contribution < -0.4 is 9.47 Å². The largest absolute Gasteiger partial charge is 0.497 e. The van der Waals surface area contributed by atoms with Crippen molar-refractivity contribution in [2.45, 2.75) is 51.3 Å². The molecule has 178 valence electrons. The first-order chi connectivity index (χ1) is 16.6. The SMILES string of the molecule is CCc1ccc(OCc2nnc(SCc3nnc(-c4ccc(OC)cc4)o3)n2CC(C)C)cc1. The van der Waals surface area contributed by atoms with Gasteiger partial charge < -0.3 is 18.5 Å². The van der Waals surface area contributed by atoms with Crippen molar-refractivity contribution in [3.63, 3.8) is 0 Å². The van der Waals surface area contributed by atoms with Gasteiger partial charge in [-0.3, -0.25) is 0 Å². The van der Waals surface area contributed by atoms with Crippen LogP contribution in [0.15, 0.2) is 58.1 Å². The van der Waals surface area contributed by atoms with Crippen LogP contribution in [0.25, 0.3) is 11.5 Å². The monoisotopic (exact) mass is 479 g/mol. The Morgan fingerprint density at radius 1 is 0.941 bits per heavy atom. The first-order valence-electron chi connectivity index (χ1n) is 11.3. The molecule has 0 fully saturated rings. The Kier molecular flexibility index (Phi) is 7.84. The van der Waals surface area contributed by atoms with E-state index in [1.807, 2.05) is 36.4 Å². The molecule has 0 unspecified atom stereocenters. The molecule has 34 heavy (non-hydrogen) atoms. The van der Waals surface area contributed by atoms with Crippen LogP contribution >= 0.6 is 11.8 Å². The van der Waals surface area contributed by atoms with Crippen LogP contribution in [0.4, 0.5) is 0 Å². The molecule has 0 amide bonds. The zero-order valence-electron chi connectivity index (χ0n) is 19.9. The molecular formula is C25H29N5O3S. The molecule has 0 spiro atoms. The molecule has 2 aromatic carbocycles. The molecule has 0 bridgehead atoms. The van der Waals surface area contributed by atoms with Gasteiger partial charge in [-0.2, -0.15) is 0 Å². The van der Waals surface area contributed by atoms with Gasteiger partial charge in [0, 0.05) is 12.1 Å². The average molecular weight is 480 g/mol. The Bertz CT molecular complexity index is 1190. The summed E-state index contributed by atoms with van der Waals surface area (Å²) in [6, 6.07) is 15.7. The van der Waals surface area contributed by atoms with Crippen molar-refractivity contribution in [3.8, 4) is 23.0 Å². The number of hydrogen-bond donors (Lipinski definition) is 0. The third-order valence-electron chi connectivity index (χ3n) is 5.17. The molecule has 0 radical (unpaired) electrons. The number of aryl methyl sites for hydroxylation is 1. The van der Waals surface area contributed by atoms with E-state index in [0.29, 0.717) is 30.1 Å². The summed E-state index contributed by atoms with van der Waals surface area (Å²) in [4.78, 5) is 0. The van der Waals surface area contributed by atoms with Crippen molar-refractivity contribution in [1.82, 2.24) is 25.0 Å². The third-order valence-corrected chi connectivity index (χ3v) is 6.12. The Labute approximate surface area is 203 Å². The lowest BCUT2D eigenvalue weighted by molar-refractivity contribution is 0.284. The van der Waals surface area contributed by atoms with Crippen LogP contribution in [0.2, 0.25) is 0 Å². The van der Waals surface area contributed by atoms with Crippen molar-refractivity contribution >= 4 is 11.8 Å². The van der Waals surface area contributed by atoms with Crippen LogP contribution in [0.3, 0.4) is 0 Å². The van der Waals surface area contributed by atoms with Crippen LogP contribution in [0.1, 0.15) is 38.0 Å². The highest BCUT2D eigenvalue weighted by Gasteiger charge is 2.17. The second-order valence-corrected chi connectivity index (χ2v) is 9.15. The molecule has 4 aromatic rings. The van der Waals surface area contributed by atoms with Gasteiger partial charge in [-0.25, -0.2) is 0 Å². The number of benzene rings is 2. The van der Waals surface area contributed by atoms with Crippen LogP contribution in [-0.4, -0.2) is 32.1 Å². The lowest BCUT2D eigenvalue weighted by Crippen LogP contribution is -2.12. The molecule has 0 saturated carbocycles. The Hall–Kier alpha value is -3.33. The van der Waals surface area contributed by atoms with Gasteiger partial charge in [0.25, 0.3) is 0 Å². The van der Waals surface area contributed by atoms with Crippen molar-refractivity contribution in [1.29, 1.82) is 0 Å². The summed E-state index contributed by atoms with van der Waals surface area (Å²) in [6.07, 6.45) is 1.01. The maximum absolute atomic E-state index is 5.98. The zero-order valence-corrected chi connectivity index (χ0v) is 20.7. The number of methoxy groups -OCH3 is 1. The molecule has 0 aliphatic carbocycles. The maximum atomic E-state index is 5.98. The van der Waals surface area contributed by atoms with Gasteiger partial charge >= 0.3 is 0 Å². The number of hydrogen-bond acceptors (Lipinski definition) is 8. The fourth-order valence-electron chi connectivity index (χ4n) is 3.34. The van der Waals surface area contributed by atoms with Gasteiger partial charge in [0.1, 0.15) is 18.1 Å². The van der Waals surface area contributed by atoms with Crippen LogP contribution in [-0.2, 0) is 25.3 Å². The molecule has 8 nitrogen and oxygen atoms in total. The van der Waals surface area contributed by atoms with Gasteiger partial charge in [-0.15, -0.1) is 20.4 Å². The van der Waals surface area contributed by atoms with Crippen molar-refractivity contribution < 1.29 is 13.9 Å². The minimum atomic E-state index is 0.355. The van der Waals surface area contributed by atoms with E-state index >= 15 is 0 Å². The molecule has 0 atom stereocenters. The Morgan fingerprint density at radius 3 is 2.35 bits per heavy atom. The standard InChI is InChI=1S/C25H29N5O3S/c1-5-18-6-10-21(11-7-18)32-15-22-26-29-25(30(22)14-17(2)3)34-16-23-27-28-24(33-23)19-8-12-20(31-4)13-9-19/h6-13,17H,5,14-16H2,1-4H3. The predicted molar refractivity (Wildman–Crippen MR) is 131 cm³/mol. The van der Waals surface area contributed by atoms with E-state index in [4.69, 9.17) is 13.9 Å². The summed E-state index contributed by atoms with van der Waals surface area (Å²) in [7, 11) is 1.64. The number of rotatable bonds is 11. The van der Waals surface area contributed by atoms with Crippen molar-refractivity contribution in [3.05, 3.63) is 65.8 Å². The molecule has 9 heteroatoms. The van der Waals surface area contributed by atoms with E-state index in [1.54, 1.807) is 7.11 Å². The summed E-state index contributed by atoms with van der Waals surface area (Å²) in [5.41, 5.74) is 2.13. The lowest BCUT2D eigenvalue weighted by Gasteiger charge is -2.13. The highest BCUT2D eigenvalue weighted by atomic mass is 32.2. The fourth-order valence-corrected chi connectivity index (χ4v) is 4.14. The fraction of sp³-hybridized carbons (Fsp3) is 0.360. The molecule has 2 aromatic heterocycles. The van der Waals surface area contributed by atoms with E-state index in [2.05, 4.69) is 57.9 Å². The lowest BCUT2D eigenvalue weighted by atomic mass is 10.2. The van der Waals surface area contributed by atoms with Gasteiger partial charge in [0.15, 0.2) is 11.0 Å². The number of aromatic nitrogens is 5. The van der Waals surface area contributed by atoms with E-state index < -0.39 is 0 Å². The van der Waals surface area contributed by atoms with Crippen molar-refractivity contribution in [2.75, 3.05) is 7.11 Å². The highest BCUT2D eigenvalue weighted by molar-refractivity contribution is 7.98. The number of thioether (sulfide) groups is 1. The van der Waals surface area contributed by atoms with E-state index in [9.17, 15) is 0 Å². The topological polar surface area (TPSA) is 88.1 Å². The summed E-state index contributed by atoms with van der Waals surface area (Å²) in [5, 5.41) is 18.0. The summed E-state index contributed by atoms with van der Waals surface area (Å²) in [6.45, 7) is 7.62. The predicted octanol–water partition coefficient (Wildman–Crippen LogP) is 5.43. The average Bonchev–Trinajstić information content (AvgIpc) is 3.48. The smallest absolute Gasteiger partial charge is 0.247 e. The van der Waals surface area contributed by atoms with Gasteiger partial charge in [-0.05, 0) is 54.3 Å². The van der Waals surface area contributed by atoms with E-state index in [1.165, 1.54) is 17.3 Å². The number of nitrogens with zero attached hydrogens (tertiary/aromatic N) is 5. The van der Waals surface area contributed by atoms with E-state index in [-0.39, 0.29) is 0 Å². The molecule has 0 aliphatic heterocycles. The molecule has 0 aliphatic rings. The first-order valence-corrected chi connectivity index (χ1v) is 12.3. The molecule has 2 heterocycles. The minimum absolute atomic E-state index is 0.355. The number of ether oxygens (including phenoxy) is 2. The third kappa shape index (κ3) is 5.96. The summed E-state index contributed by atoms with van der Waals surface area (Å²) >= 11 is 1.52. The van der Waals surface area contributed by atoms with Crippen LogP contribution in [0, 0.1) is 5.92 Å². The Balaban J connectivity index is 1.42. The van der Waals surface area contributed by atoms with Gasteiger partial charge in [0.05, 0.1) is 12.9 Å². The summed E-state index contributed by atoms with van der Waals surface area (Å²) < 4.78 is 19.1. The highest BCUT2D eigenvalue weighted by Crippen LogP contribution is 2.26. The first kappa shape index (κ1) is 23.8. The quantitative estimate of drug-likeness (QED) is 0.263. The second kappa shape index (κ2) is 11.2. The zero-order chi connectivity index (χ0) is 23.9. The normalized spacial score (nSPS) is 11.2. The van der Waals surface area contributed by atoms with Crippen LogP contribution in [0.5, 0.6) is 11.5 Å². The summed E-state index contributed by atoms with van der Waals surface area (Å²) in [5.74, 6) is 4.33. The van der Waals surface area contributed by atoms with Gasteiger partial charge in [-0.1, -0.05) is 44.7 Å². The minimum Gasteiger partial charge on any atom is -0.497 e.